The standard InChI is InChI=1S/C21H21N3O6/c1-3-13(2)22-21(26)15-6-4-5-7-16(15)23-20(25)9-8-14-10-18-19(30-12-29-18)11-17(14)24(27)28/h4-11,13H,3,12H2,1-2H3,(H,22,26)(H,23,25)/b9-8+. The molecular weight excluding hydrogens is 390 g/mol. The molecule has 2 aromatic carbocycles. The molecular formula is C21H21N3O6. The Morgan fingerprint density at radius 1 is 1.23 bits per heavy atom. The van der Waals surface area contributed by atoms with E-state index >= 15 is 0 Å². The lowest BCUT2D eigenvalue weighted by Crippen LogP contribution is -2.32. The molecule has 3 rings (SSSR count). The summed E-state index contributed by atoms with van der Waals surface area (Å²) in [5, 5.41) is 16.8. The van der Waals surface area contributed by atoms with Gasteiger partial charge in [-0.25, -0.2) is 0 Å². The smallest absolute Gasteiger partial charge is 0.280 e. The monoisotopic (exact) mass is 411 g/mol. The van der Waals surface area contributed by atoms with E-state index in [4.69, 9.17) is 9.47 Å². The number of nitrogens with zero attached hydrogens (tertiary/aromatic N) is 1. The molecule has 2 aromatic rings. The largest absolute Gasteiger partial charge is 0.454 e. The second-order valence-electron chi connectivity index (χ2n) is 6.67. The van der Waals surface area contributed by atoms with Gasteiger partial charge in [-0.05, 0) is 37.6 Å². The van der Waals surface area contributed by atoms with Crippen LogP contribution in [0.3, 0.4) is 0 Å². The van der Waals surface area contributed by atoms with Crippen molar-refractivity contribution in [2.24, 2.45) is 0 Å². The third kappa shape index (κ3) is 4.75. The van der Waals surface area contributed by atoms with Gasteiger partial charge in [0, 0.05) is 12.1 Å². The Morgan fingerprint density at radius 3 is 2.63 bits per heavy atom. The van der Waals surface area contributed by atoms with Gasteiger partial charge in [-0.15, -0.1) is 0 Å². The highest BCUT2D eigenvalue weighted by Crippen LogP contribution is 2.38. The first kappa shape index (κ1) is 20.8. The SMILES string of the molecule is CCC(C)NC(=O)c1ccccc1NC(=O)/C=C/c1cc2c(cc1[N+](=O)[O-])OCO2. The van der Waals surface area contributed by atoms with E-state index in [2.05, 4.69) is 10.6 Å². The molecule has 0 saturated heterocycles. The molecule has 9 heteroatoms. The van der Waals surface area contributed by atoms with Crippen LogP contribution in [-0.2, 0) is 4.79 Å². The number of hydrogen-bond acceptors (Lipinski definition) is 6. The molecule has 0 fully saturated rings. The van der Waals surface area contributed by atoms with Crippen molar-refractivity contribution in [3.05, 3.63) is 63.7 Å². The van der Waals surface area contributed by atoms with Crippen LogP contribution in [0.15, 0.2) is 42.5 Å². The Labute approximate surface area is 172 Å². The van der Waals surface area contributed by atoms with E-state index in [1.807, 2.05) is 13.8 Å². The number of rotatable bonds is 7. The van der Waals surface area contributed by atoms with Gasteiger partial charge in [-0.1, -0.05) is 19.1 Å². The number of fused-ring (bicyclic) bond motifs is 1. The molecule has 1 atom stereocenters. The van der Waals surface area contributed by atoms with Crippen LogP contribution in [0.1, 0.15) is 36.2 Å². The van der Waals surface area contributed by atoms with E-state index in [0.29, 0.717) is 17.0 Å². The summed E-state index contributed by atoms with van der Waals surface area (Å²) in [6, 6.07) is 9.31. The number of hydrogen-bond donors (Lipinski definition) is 2. The zero-order chi connectivity index (χ0) is 21.7. The number of nitrogens with one attached hydrogen (secondary N) is 2. The van der Waals surface area contributed by atoms with Gasteiger partial charge in [-0.2, -0.15) is 0 Å². The third-order valence-corrected chi connectivity index (χ3v) is 4.55. The van der Waals surface area contributed by atoms with E-state index < -0.39 is 10.8 Å². The van der Waals surface area contributed by atoms with E-state index in [1.165, 1.54) is 18.2 Å². The zero-order valence-corrected chi connectivity index (χ0v) is 16.5. The Bertz CT molecular complexity index is 1020. The number of nitro groups is 1. The van der Waals surface area contributed by atoms with Crippen molar-refractivity contribution in [2.45, 2.75) is 26.3 Å². The molecule has 0 bridgehead atoms. The van der Waals surface area contributed by atoms with Gasteiger partial charge in [0.25, 0.3) is 11.6 Å². The van der Waals surface area contributed by atoms with Crippen molar-refractivity contribution in [2.75, 3.05) is 12.1 Å². The third-order valence-electron chi connectivity index (χ3n) is 4.55. The highest BCUT2D eigenvalue weighted by atomic mass is 16.7. The minimum atomic E-state index is -0.561. The fourth-order valence-corrected chi connectivity index (χ4v) is 2.77. The molecule has 1 heterocycles. The van der Waals surface area contributed by atoms with Crippen LogP contribution in [0.5, 0.6) is 11.5 Å². The number of amides is 2. The fourth-order valence-electron chi connectivity index (χ4n) is 2.77. The molecule has 1 unspecified atom stereocenters. The zero-order valence-electron chi connectivity index (χ0n) is 16.5. The minimum Gasteiger partial charge on any atom is -0.454 e. The normalized spacial score (nSPS) is 13.1. The van der Waals surface area contributed by atoms with Crippen LogP contribution in [-0.4, -0.2) is 29.6 Å². The molecule has 2 N–H and O–H groups in total. The molecule has 0 radical (unpaired) electrons. The summed E-state index contributed by atoms with van der Waals surface area (Å²) >= 11 is 0. The van der Waals surface area contributed by atoms with Crippen LogP contribution < -0.4 is 20.1 Å². The van der Waals surface area contributed by atoms with Gasteiger partial charge < -0.3 is 20.1 Å². The van der Waals surface area contributed by atoms with Crippen molar-refractivity contribution in [3.63, 3.8) is 0 Å². The molecule has 30 heavy (non-hydrogen) atoms. The number of nitro benzene ring substituents is 1. The Hall–Kier alpha value is -3.88. The predicted molar refractivity (Wildman–Crippen MR) is 111 cm³/mol. The Balaban J connectivity index is 1.78. The summed E-state index contributed by atoms with van der Waals surface area (Å²) in [5.74, 6) is -0.182. The van der Waals surface area contributed by atoms with E-state index in [0.717, 1.165) is 12.5 Å². The summed E-state index contributed by atoms with van der Waals surface area (Å²) in [6.07, 6.45) is 3.25. The lowest BCUT2D eigenvalue weighted by atomic mass is 10.1. The molecule has 156 valence electrons. The summed E-state index contributed by atoms with van der Waals surface area (Å²) in [4.78, 5) is 35.6. The van der Waals surface area contributed by atoms with Crippen molar-refractivity contribution in [1.29, 1.82) is 0 Å². The van der Waals surface area contributed by atoms with Gasteiger partial charge in [0.15, 0.2) is 11.5 Å². The van der Waals surface area contributed by atoms with Gasteiger partial charge in [-0.3, -0.25) is 19.7 Å². The molecule has 1 aliphatic heterocycles. The van der Waals surface area contributed by atoms with E-state index in [9.17, 15) is 19.7 Å². The number of ether oxygens (including phenoxy) is 2. The number of carbonyl (C=O) groups is 2. The number of para-hydroxylation sites is 1. The number of carbonyl (C=O) groups excluding carboxylic acids is 2. The molecule has 0 spiro atoms. The maximum absolute atomic E-state index is 12.4. The Kier molecular flexibility index (Phi) is 6.31. The van der Waals surface area contributed by atoms with Crippen molar-refractivity contribution >= 4 is 29.3 Å². The summed E-state index contributed by atoms with van der Waals surface area (Å²) in [5.41, 5.74) is 0.653. The fraction of sp³-hybridized carbons (Fsp3) is 0.238. The number of anilines is 1. The van der Waals surface area contributed by atoms with Gasteiger partial charge in [0.2, 0.25) is 12.7 Å². The lowest BCUT2D eigenvalue weighted by molar-refractivity contribution is -0.385. The molecule has 0 aromatic heterocycles. The highest BCUT2D eigenvalue weighted by molar-refractivity contribution is 6.07. The average molecular weight is 411 g/mol. The van der Waals surface area contributed by atoms with Gasteiger partial charge >= 0.3 is 0 Å². The summed E-state index contributed by atoms with van der Waals surface area (Å²) in [6.45, 7) is 3.83. The van der Waals surface area contributed by atoms with E-state index in [-0.39, 0.29) is 35.7 Å². The highest BCUT2D eigenvalue weighted by Gasteiger charge is 2.22. The van der Waals surface area contributed by atoms with Gasteiger partial charge in [0.05, 0.1) is 27.8 Å². The summed E-state index contributed by atoms with van der Waals surface area (Å²) < 4.78 is 10.4. The Morgan fingerprint density at radius 2 is 1.93 bits per heavy atom. The lowest BCUT2D eigenvalue weighted by Gasteiger charge is -2.14. The summed E-state index contributed by atoms with van der Waals surface area (Å²) in [7, 11) is 0. The molecule has 0 saturated carbocycles. The first-order valence-corrected chi connectivity index (χ1v) is 9.36. The molecule has 1 aliphatic rings. The maximum Gasteiger partial charge on any atom is 0.280 e. The second-order valence-corrected chi connectivity index (χ2v) is 6.67. The average Bonchev–Trinajstić information content (AvgIpc) is 3.19. The topological polar surface area (TPSA) is 120 Å². The molecule has 9 nitrogen and oxygen atoms in total. The number of benzene rings is 2. The van der Waals surface area contributed by atoms with Crippen LogP contribution in [0.25, 0.3) is 6.08 Å². The van der Waals surface area contributed by atoms with Crippen molar-refractivity contribution in [1.82, 2.24) is 5.32 Å². The van der Waals surface area contributed by atoms with Crippen LogP contribution in [0.4, 0.5) is 11.4 Å². The van der Waals surface area contributed by atoms with Crippen molar-refractivity contribution in [3.8, 4) is 11.5 Å². The van der Waals surface area contributed by atoms with Crippen LogP contribution in [0.2, 0.25) is 0 Å². The predicted octanol–water partition coefficient (Wildman–Crippen LogP) is 3.50. The van der Waals surface area contributed by atoms with E-state index in [1.54, 1.807) is 24.3 Å². The first-order valence-electron chi connectivity index (χ1n) is 9.36. The van der Waals surface area contributed by atoms with Crippen molar-refractivity contribution < 1.29 is 24.0 Å². The van der Waals surface area contributed by atoms with Gasteiger partial charge in [0.1, 0.15) is 0 Å². The molecule has 2 amide bonds. The quantitative estimate of drug-likeness (QED) is 0.409. The minimum absolute atomic E-state index is 0.00675. The molecule has 0 aliphatic carbocycles. The maximum atomic E-state index is 12.4. The second kappa shape index (κ2) is 9.08. The first-order chi connectivity index (χ1) is 14.4. The van der Waals surface area contributed by atoms with Crippen LogP contribution in [0, 0.1) is 10.1 Å². The van der Waals surface area contributed by atoms with Crippen LogP contribution >= 0.6 is 0 Å².